The van der Waals surface area contributed by atoms with Crippen molar-refractivity contribution in [2.24, 2.45) is 11.3 Å². The highest BCUT2D eigenvalue weighted by Crippen LogP contribution is 2.45. The first-order valence-corrected chi connectivity index (χ1v) is 14.4. The van der Waals surface area contributed by atoms with Gasteiger partial charge in [-0.2, -0.15) is 0 Å². The van der Waals surface area contributed by atoms with Crippen LogP contribution in [0, 0.1) is 11.3 Å². The molecular weight excluding hydrogens is 480 g/mol. The highest BCUT2D eigenvalue weighted by atomic mass is 35.5. The molecule has 1 heterocycles. The number of benzene rings is 2. The van der Waals surface area contributed by atoms with Crippen LogP contribution in [0.2, 0.25) is 0 Å². The first-order valence-electron chi connectivity index (χ1n) is 14.4. The molecule has 0 unspecified atom stereocenters. The van der Waals surface area contributed by atoms with Gasteiger partial charge in [-0.15, -0.1) is 12.4 Å². The van der Waals surface area contributed by atoms with Crippen LogP contribution < -0.4 is 14.4 Å². The second kappa shape index (κ2) is 14.3. The molecule has 1 saturated heterocycles. The normalized spacial score (nSPS) is 20.8. The lowest BCUT2D eigenvalue weighted by Crippen LogP contribution is -2.47. The molecule has 4 nitrogen and oxygen atoms in total. The van der Waals surface area contributed by atoms with E-state index in [0.29, 0.717) is 24.5 Å². The molecule has 0 spiro atoms. The lowest BCUT2D eigenvalue weighted by Gasteiger charge is -2.40. The fourth-order valence-corrected chi connectivity index (χ4v) is 5.93. The number of para-hydroxylation sites is 1. The highest BCUT2D eigenvalue weighted by Gasteiger charge is 2.32. The molecule has 1 saturated carbocycles. The molecule has 2 fully saturated rings. The third-order valence-corrected chi connectivity index (χ3v) is 8.30. The van der Waals surface area contributed by atoms with Crippen LogP contribution in [0.25, 0.3) is 0 Å². The fourth-order valence-electron chi connectivity index (χ4n) is 5.93. The lowest BCUT2D eigenvalue weighted by molar-refractivity contribution is 0.169. The SMILES string of the molecule is CCCCN1CCN(c2cc(OCCOc3ccccc3)ccc2C2CCC(C(C)(C)C)CC2)CC1.Cl. The van der Waals surface area contributed by atoms with Crippen molar-refractivity contribution in [3.63, 3.8) is 0 Å². The second-order valence-corrected chi connectivity index (χ2v) is 11.8. The Bertz CT molecular complexity index is 914. The number of anilines is 1. The summed E-state index contributed by atoms with van der Waals surface area (Å²) in [5.41, 5.74) is 3.37. The van der Waals surface area contributed by atoms with E-state index in [1.54, 1.807) is 0 Å². The minimum Gasteiger partial charge on any atom is -0.490 e. The molecule has 0 radical (unpaired) electrons. The Morgan fingerprint density at radius 3 is 2.08 bits per heavy atom. The Balaban J connectivity index is 0.00000380. The smallest absolute Gasteiger partial charge is 0.122 e. The zero-order valence-electron chi connectivity index (χ0n) is 23.6. The molecule has 1 aliphatic heterocycles. The average molecular weight is 529 g/mol. The average Bonchev–Trinajstić information content (AvgIpc) is 2.90. The summed E-state index contributed by atoms with van der Waals surface area (Å²) in [7, 11) is 0. The molecule has 0 bridgehead atoms. The summed E-state index contributed by atoms with van der Waals surface area (Å²) in [5, 5.41) is 0. The van der Waals surface area contributed by atoms with E-state index in [9.17, 15) is 0 Å². The van der Waals surface area contributed by atoms with Gasteiger partial charge >= 0.3 is 0 Å². The van der Waals surface area contributed by atoms with Crippen molar-refractivity contribution in [3.8, 4) is 11.5 Å². The minimum absolute atomic E-state index is 0. The fraction of sp³-hybridized carbons (Fsp3) is 0.625. The number of ether oxygens (including phenoxy) is 2. The van der Waals surface area contributed by atoms with Crippen LogP contribution in [0.15, 0.2) is 48.5 Å². The monoisotopic (exact) mass is 528 g/mol. The van der Waals surface area contributed by atoms with Crippen molar-refractivity contribution in [2.75, 3.05) is 50.8 Å². The van der Waals surface area contributed by atoms with E-state index in [2.05, 4.69) is 55.7 Å². The molecule has 5 heteroatoms. The Hall–Kier alpha value is -1.91. The van der Waals surface area contributed by atoms with Crippen LogP contribution >= 0.6 is 12.4 Å². The standard InChI is InChI=1S/C32H48N2O2.ClH/c1-5-6-18-33-19-21-34(22-20-33)31-25-29(36-24-23-35-28-10-8-7-9-11-28)16-17-30(31)26-12-14-27(15-13-26)32(2,3)4;/h7-11,16-17,25-27H,5-6,12-15,18-24H2,1-4H3;1H. The van der Waals surface area contributed by atoms with Crippen LogP contribution in [0.4, 0.5) is 5.69 Å². The predicted molar refractivity (Wildman–Crippen MR) is 159 cm³/mol. The van der Waals surface area contributed by atoms with Crippen molar-refractivity contribution in [1.82, 2.24) is 4.90 Å². The third kappa shape index (κ3) is 8.55. The topological polar surface area (TPSA) is 24.9 Å². The summed E-state index contributed by atoms with van der Waals surface area (Å²) >= 11 is 0. The quantitative estimate of drug-likeness (QED) is 0.293. The number of nitrogens with zero attached hydrogens (tertiary/aromatic N) is 2. The number of hydrogen-bond donors (Lipinski definition) is 0. The number of unbranched alkanes of at least 4 members (excludes halogenated alkanes) is 1. The Kier molecular flexibility index (Phi) is 11.5. The van der Waals surface area contributed by atoms with Gasteiger partial charge in [0.25, 0.3) is 0 Å². The molecule has 0 N–H and O–H groups in total. The van der Waals surface area contributed by atoms with E-state index < -0.39 is 0 Å². The zero-order chi connectivity index (χ0) is 25.4. The van der Waals surface area contributed by atoms with Crippen LogP contribution in [0.1, 0.15) is 77.7 Å². The van der Waals surface area contributed by atoms with E-state index in [4.69, 9.17) is 9.47 Å². The molecule has 2 aromatic rings. The number of hydrogen-bond acceptors (Lipinski definition) is 4. The van der Waals surface area contributed by atoms with Gasteiger partial charge in [0.05, 0.1) is 0 Å². The maximum absolute atomic E-state index is 6.18. The van der Waals surface area contributed by atoms with Crippen molar-refractivity contribution in [3.05, 3.63) is 54.1 Å². The summed E-state index contributed by atoms with van der Waals surface area (Å²) in [6.07, 6.45) is 7.86. The van der Waals surface area contributed by atoms with Gasteiger partial charge in [-0.3, -0.25) is 4.90 Å². The van der Waals surface area contributed by atoms with E-state index in [-0.39, 0.29) is 12.4 Å². The summed E-state index contributed by atoms with van der Waals surface area (Å²) in [6, 6.07) is 16.9. The van der Waals surface area contributed by atoms with E-state index in [1.807, 2.05) is 30.3 Å². The van der Waals surface area contributed by atoms with Gasteiger partial charge in [0.2, 0.25) is 0 Å². The molecule has 0 amide bonds. The molecule has 1 aliphatic carbocycles. The van der Waals surface area contributed by atoms with Crippen LogP contribution in [0.5, 0.6) is 11.5 Å². The molecule has 37 heavy (non-hydrogen) atoms. The van der Waals surface area contributed by atoms with Gasteiger partial charge in [-0.05, 0) is 79.7 Å². The summed E-state index contributed by atoms with van der Waals surface area (Å²) in [6.45, 7) is 16.4. The first-order chi connectivity index (χ1) is 17.4. The van der Waals surface area contributed by atoms with Gasteiger partial charge in [0.1, 0.15) is 24.7 Å². The molecule has 4 rings (SSSR count). The number of rotatable bonds is 10. The molecule has 2 aliphatic rings. The van der Waals surface area contributed by atoms with Gasteiger partial charge in [-0.25, -0.2) is 0 Å². The third-order valence-electron chi connectivity index (χ3n) is 8.30. The van der Waals surface area contributed by atoms with Crippen molar-refractivity contribution >= 4 is 18.1 Å². The molecule has 2 aromatic carbocycles. The molecule has 206 valence electrons. The van der Waals surface area contributed by atoms with Gasteiger partial charge < -0.3 is 14.4 Å². The summed E-state index contributed by atoms with van der Waals surface area (Å²) in [4.78, 5) is 5.26. The summed E-state index contributed by atoms with van der Waals surface area (Å²) in [5.74, 6) is 3.35. The Morgan fingerprint density at radius 2 is 1.46 bits per heavy atom. The largest absolute Gasteiger partial charge is 0.490 e. The van der Waals surface area contributed by atoms with Gasteiger partial charge in [-0.1, -0.05) is 58.4 Å². The minimum atomic E-state index is 0. The predicted octanol–water partition coefficient (Wildman–Crippen LogP) is 7.81. The molecular formula is C32H49ClN2O2. The van der Waals surface area contributed by atoms with Crippen molar-refractivity contribution in [1.29, 1.82) is 0 Å². The van der Waals surface area contributed by atoms with Crippen LogP contribution in [-0.4, -0.2) is 50.8 Å². The van der Waals surface area contributed by atoms with E-state index in [1.165, 1.54) is 56.3 Å². The summed E-state index contributed by atoms with van der Waals surface area (Å²) < 4.78 is 12.0. The van der Waals surface area contributed by atoms with E-state index >= 15 is 0 Å². The van der Waals surface area contributed by atoms with Gasteiger partial charge in [0, 0.05) is 37.9 Å². The number of halogens is 1. The molecule has 0 atom stereocenters. The highest BCUT2D eigenvalue weighted by molar-refractivity contribution is 5.85. The molecule has 0 aromatic heterocycles. The Morgan fingerprint density at radius 1 is 0.811 bits per heavy atom. The van der Waals surface area contributed by atoms with Crippen LogP contribution in [0.3, 0.4) is 0 Å². The van der Waals surface area contributed by atoms with Gasteiger partial charge in [0.15, 0.2) is 0 Å². The van der Waals surface area contributed by atoms with E-state index in [0.717, 1.165) is 43.6 Å². The lowest BCUT2D eigenvalue weighted by atomic mass is 9.68. The van der Waals surface area contributed by atoms with Crippen molar-refractivity contribution in [2.45, 2.75) is 72.1 Å². The maximum Gasteiger partial charge on any atom is 0.122 e. The van der Waals surface area contributed by atoms with Crippen LogP contribution in [-0.2, 0) is 0 Å². The van der Waals surface area contributed by atoms with Crippen molar-refractivity contribution < 1.29 is 9.47 Å². The first kappa shape index (κ1) is 29.6. The second-order valence-electron chi connectivity index (χ2n) is 11.8. The maximum atomic E-state index is 6.18. The number of piperazine rings is 1. The zero-order valence-corrected chi connectivity index (χ0v) is 24.4. The Labute approximate surface area is 232 Å².